The van der Waals surface area contributed by atoms with Crippen LogP contribution in [0.2, 0.25) is 5.31 Å². The molecule has 0 nitrogen and oxygen atoms in total. The lowest BCUT2D eigenvalue weighted by atomic mass is 9.55. The van der Waals surface area contributed by atoms with E-state index in [2.05, 4.69) is 13.8 Å². The average Bonchev–Trinajstić information content (AvgIpc) is 2.10. The minimum absolute atomic E-state index is 0.162. The van der Waals surface area contributed by atoms with Crippen molar-refractivity contribution in [2.24, 2.45) is 5.92 Å². The lowest BCUT2D eigenvalue weighted by molar-refractivity contribution is 0.295. The van der Waals surface area contributed by atoms with E-state index in [4.69, 9.17) is 7.85 Å². The molecule has 1 aliphatic rings. The standard InChI is InChI=1S/C12H23B/c1-3-11(2)12(13)9-7-5-4-6-8-10-12/h11H,3-10H2,1-2H3. The third-order valence-corrected chi connectivity index (χ3v) is 3.88. The summed E-state index contributed by atoms with van der Waals surface area (Å²) in [7, 11) is 6.48. The summed E-state index contributed by atoms with van der Waals surface area (Å²) < 4.78 is 0. The first-order valence-corrected chi connectivity index (χ1v) is 5.98. The van der Waals surface area contributed by atoms with Crippen molar-refractivity contribution >= 4 is 7.85 Å². The molecule has 0 aromatic carbocycles. The van der Waals surface area contributed by atoms with Crippen LogP contribution in [0.5, 0.6) is 0 Å². The van der Waals surface area contributed by atoms with Crippen molar-refractivity contribution < 1.29 is 0 Å². The van der Waals surface area contributed by atoms with Crippen LogP contribution in [-0.4, -0.2) is 7.85 Å². The van der Waals surface area contributed by atoms with Crippen LogP contribution in [0.15, 0.2) is 0 Å². The summed E-state index contributed by atoms with van der Waals surface area (Å²) in [6.07, 6.45) is 10.7. The van der Waals surface area contributed by atoms with Crippen LogP contribution in [0.3, 0.4) is 0 Å². The fourth-order valence-corrected chi connectivity index (χ4v) is 2.46. The van der Waals surface area contributed by atoms with Crippen LogP contribution in [0.1, 0.15) is 65.2 Å². The quantitative estimate of drug-likeness (QED) is 0.558. The molecule has 1 aliphatic carbocycles. The lowest BCUT2D eigenvalue weighted by Crippen LogP contribution is -2.22. The van der Waals surface area contributed by atoms with E-state index in [1.54, 1.807) is 0 Å². The lowest BCUT2D eigenvalue weighted by Gasteiger charge is -2.37. The normalized spacial score (nSPS) is 26.0. The highest BCUT2D eigenvalue weighted by atomic mass is 14.3. The van der Waals surface area contributed by atoms with Crippen LogP contribution in [-0.2, 0) is 0 Å². The van der Waals surface area contributed by atoms with E-state index in [-0.39, 0.29) is 5.31 Å². The molecule has 1 heteroatoms. The van der Waals surface area contributed by atoms with Crippen molar-refractivity contribution in [2.45, 2.75) is 70.5 Å². The summed E-state index contributed by atoms with van der Waals surface area (Å²) in [5, 5.41) is 0.162. The Morgan fingerprint density at radius 1 is 1.08 bits per heavy atom. The molecule has 1 unspecified atom stereocenters. The van der Waals surface area contributed by atoms with Gasteiger partial charge in [0, 0.05) is 0 Å². The predicted octanol–water partition coefficient (Wildman–Crippen LogP) is 4.10. The van der Waals surface area contributed by atoms with Crippen molar-refractivity contribution in [3.8, 4) is 0 Å². The SMILES string of the molecule is [B]C1(C(C)CC)CCCCCCC1. The van der Waals surface area contributed by atoms with Gasteiger partial charge in [0.25, 0.3) is 0 Å². The minimum Gasteiger partial charge on any atom is -0.0651 e. The van der Waals surface area contributed by atoms with Gasteiger partial charge < -0.3 is 0 Å². The molecule has 0 N–H and O–H groups in total. The molecule has 1 fully saturated rings. The van der Waals surface area contributed by atoms with Crippen LogP contribution in [0.4, 0.5) is 0 Å². The van der Waals surface area contributed by atoms with Crippen molar-refractivity contribution in [2.75, 3.05) is 0 Å². The van der Waals surface area contributed by atoms with Crippen LogP contribution in [0, 0.1) is 5.92 Å². The first kappa shape index (κ1) is 11.1. The first-order chi connectivity index (χ1) is 6.19. The van der Waals surface area contributed by atoms with E-state index in [1.807, 2.05) is 0 Å². The second-order valence-corrected chi connectivity index (χ2v) is 4.81. The van der Waals surface area contributed by atoms with Gasteiger partial charge in [-0.05, 0) is 5.92 Å². The molecule has 1 atom stereocenters. The molecule has 0 aromatic rings. The maximum Gasteiger partial charge on any atom is 0.0749 e. The third kappa shape index (κ3) is 3.04. The first-order valence-electron chi connectivity index (χ1n) is 5.98. The zero-order valence-electron chi connectivity index (χ0n) is 9.31. The highest BCUT2D eigenvalue weighted by Crippen LogP contribution is 2.45. The Balaban J connectivity index is 2.51. The molecule has 0 amide bonds. The molecule has 2 radical (unpaired) electrons. The molecule has 0 saturated heterocycles. The van der Waals surface area contributed by atoms with E-state index in [0.29, 0.717) is 5.92 Å². The fourth-order valence-electron chi connectivity index (χ4n) is 2.46. The molecule has 0 aromatic heterocycles. The van der Waals surface area contributed by atoms with Gasteiger partial charge in [0.1, 0.15) is 0 Å². The Bertz CT molecular complexity index is 134. The molecular formula is C12H23B. The molecule has 74 valence electrons. The van der Waals surface area contributed by atoms with Crippen LogP contribution >= 0.6 is 0 Å². The highest BCUT2D eigenvalue weighted by Gasteiger charge is 2.28. The molecule has 0 bridgehead atoms. The molecule has 1 saturated carbocycles. The van der Waals surface area contributed by atoms with Gasteiger partial charge in [-0.1, -0.05) is 70.5 Å². The number of hydrogen-bond acceptors (Lipinski definition) is 0. The Morgan fingerprint density at radius 2 is 1.54 bits per heavy atom. The van der Waals surface area contributed by atoms with Gasteiger partial charge in [0.2, 0.25) is 0 Å². The second-order valence-electron chi connectivity index (χ2n) is 4.81. The summed E-state index contributed by atoms with van der Waals surface area (Å²) >= 11 is 0. The topological polar surface area (TPSA) is 0 Å². The monoisotopic (exact) mass is 178 g/mol. The Morgan fingerprint density at radius 3 is 2.00 bits per heavy atom. The Hall–Kier alpha value is 0.0649. The van der Waals surface area contributed by atoms with Crippen LogP contribution < -0.4 is 0 Å². The van der Waals surface area contributed by atoms with Gasteiger partial charge in [-0.2, -0.15) is 0 Å². The average molecular weight is 178 g/mol. The van der Waals surface area contributed by atoms with Crippen LogP contribution in [0.25, 0.3) is 0 Å². The summed E-state index contributed by atoms with van der Waals surface area (Å²) in [6, 6.07) is 0. The summed E-state index contributed by atoms with van der Waals surface area (Å²) in [5.41, 5.74) is 0. The maximum atomic E-state index is 6.48. The summed E-state index contributed by atoms with van der Waals surface area (Å²) in [6.45, 7) is 4.58. The van der Waals surface area contributed by atoms with E-state index in [0.717, 1.165) is 0 Å². The van der Waals surface area contributed by atoms with Gasteiger partial charge in [0.15, 0.2) is 0 Å². The summed E-state index contributed by atoms with van der Waals surface area (Å²) in [4.78, 5) is 0. The molecule has 0 aliphatic heterocycles. The largest absolute Gasteiger partial charge is 0.0749 e. The second kappa shape index (κ2) is 5.07. The zero-order valence-corrected chi connectivity index (χ0v) is 9.31. The smallest absolute Gasteiger partial charge is 0.0651 e. The molecule has 1 rings (SSSR count). The third-order valence-electron chi connectivity index (χ3n) is 3.88. The van der Waals surface area contributed by atoms with E-state index >= 15 is 0 Å². The van der Waals surface area contributed by atoms with Gasteiger partial charge in [0.05, 0.1) is 7.85 Å². The van der Waals surface area contributed by atoms with E-state index in [9.17, 15) is 0 Å². The molecule has 0 heterocycles. The van der Waals surface area contributed by atoms with Gasteiger partial charge in [-0.15, -0.1) is 0 Å². The maximum absolute atomic E-state index is 6.48. The zero-order chi connectivity index (χ0) is 9.73. The van der Waals surface area contributed by atoms with Crippen molar-refractivity contribution in [1.29, 1.82) is 0 Å². The number of rotatable bonds is 2. The Labute approximate surface area is 84.9 Å². The predicted molar refractivity (Wildman–Crippen MR) is 60.2 cm³/mol. The fraction of sp³-hybridized carbons (Fsp3) is 1.00. The number of hydrogen-bond donors (Lipinski definition) is 0. The van der Waals surface area contributed by atoms with E-state index < -0.39 is 0 Å². The minimum atomic E-state index is 0.162. The summed E-state index contributed by atoms with van der Waals surface area (Å²) in [5.74, 6) is 0.700. The van der Waals surface area contributed by atoms with Gasteiger partial charge in [-0.3, -0.25) is 0 Å². The van der Waals surface area contributed by atoms with Crippen molar-refractivity contribution in [3.05, 3.63) is 0 Å². The van der Waals surface area contributed by atoms with Crippen molar-refractivity contribution in [1.82, 2.24) is 0 Å². The van der Waals surface area contributed by atoms with E-state index in [1.165, 1.54) is 51.4 Å². The van der Waals surface area contributed by atoms with Crippen molar-refractivity contribution in [3.63, 3.8) is 0 Å². The molecule has 13 heavy (non-hydrogen) atoms. The molecule has 0 spiro atoms. The van der Waals surface area contributed by atoms with Gasteiger partial charge in [-0.25, -0.2) is 0 Å². The highest BCUT2D eigenvalue weighted by molar-refractivity contribution is 6.15. The molecular weight excluding hydrogens is 155 g/mol. The Kier molecular flexibility index (Phi) is 4.35. The van der Waals surface area contributed by atoms with Gasteiger partial charge >= 0.3 is 0 Å².